The van der Waals surface area contributed by atoms with Crippen LogP contribution in [0.2, 0.25) is 5.02 Å². The van der Waals surface area contributed by atoms with Gasteiger partial charge < -0.3 is 20.3 Å². The molecule has 0 aromatic heterocycles. The zero-order valence-electron chi connectivity index (χ0n) is 15.2. The Balaban J connectivity index is 1.54. The second-order valence-corrected chi connectivity index (χ2v) is 7.45. The Morgan fingerprint density at radius 1 is 1.33 bits per heavy atom. The van der Waals surface area contributed by atoms with Crippen molar-refractivity contribution in [2.75, 3.05) is 6.54 Å². The van der Waals surface area contributed by atoms with Gasteiger partial charge >= 0.3 is 5.97 Å². The number of aliphatic carboxylic acids is 1. The molecule has 3 rings (SSSR count). The van der Waals surface area contributed by atoms with Crippen molar-refractivity contribution < 1.29 is 19.7 Å². The maximum absolute atomic E-state index is 11.1. The molecule has 1 unspecified atom stereocenters. The van der Waals surface area contributed by atoms with Gasteiger partial charge in [0.25, 0.3) is 0 Å². The average Bonchev–Trinajstić information content (AvgIpc) is 2.65. The highest BCUT2D eigenvalue weighted by molar-refractivity contribution is 6.30. The van der Waals surface area contributed by atoms with Crippen LogP contribution in [-0.2, 0) is 17.6 Å². The third kappa shape index (κ3) is 5.22. The van der Waals surface area contributed by atoms with Gasteiger partial charge in [0.05, 0.1) is 6.10 Å². The summed E-state index contributed by atoms with van der Waals surface area (Å²) in [6.45, 7) is 2.51. The number of ether oxygens (including phenoxy) is 1. The number of benzene rings is 2. The van der Waals surface area contributed by atoms with E-state index in [0.29, 0.717) is 30.2 Å². The standard InChI is InChI=1S/C21H24ClNO4/c1-13(23-12-18(24)15-3-2-4-17(22)11-15)9-14-5-7-19-16(10-14)6-8-20(27-19)21(25)26/h2-5,7,10-11,13,18,20,23-24H,6,8-9,12H2,1H3,(H,25,26)/t13-,18-,20?/m1/s1. The topological polar surface area (TPSA) is 78.8 Å². The first-order valence-corrected chi connectivity index (χ1v) is 9.48. The van der Waals surface area contributed by atoms with Crippen LogP contribution in [0, 0.1) is 0 Å². The molecule has 1 aliphatic rings. The lowest BCUT2D eigenvalue weighted by molar-refractivity contribution is -0.145. The molecule has 2 aromatic carbocycles. The van der Waals surface area contributed by atoms with Gasteiger partial charge in [-0.15, -0.1) is 0 Å². The number of fused-ring (bicyclic) bond motifs is 1. The van der Waals surface area contributed by atoms with Gasteiger partial charge in [-0.2, -0.15) is 0 Å². The third-order valence-electron chi connectivity index (χ3n) is 4.78. The maximum atomic E-state index is 11.1. The summed E-state index contributed by atoms with van der Waals surface area (Å²) in [6, 6.07) is 13.3. The SMILES string of the molecule is C[C@H](Cc1ccc2c(c1)CCC(C(=O)O)O2)NC[C@@H](O)c1cccc(Cl)c1. The van der Waals surface area contributed by atoms with Crippen molar-refractivity contribution in [3.63, 3.8) is 0 Å². The zero-order valence-corrected chi connectivity index (χ0v) is 15.9. The van der Waals surface area contributed by atoms with Gasteiger partial charge in [0.2, 0.25) is 0 Å². The lowest BCUT2D eigenvalue weighted by Gasteiger charge is -2.24. The van der Waals surface area contributed by atoms with Gasteiger partial charge in [0.1, 0.15) is 5.75 Å². The number of aliphatic hydroxyl groups is 1. The van der Waals surface area contributed by atoms with E-state index in [-0.39, 0.29) is 6.04 Å². The van der Waals surface area contributed by atoms with E-state index in [1.807, 2.05) is 24.3 Å². The van der Waals surface area contributed by atoms with Crippen molar-refractivity contribution in [1.29, 1.82) is 0 Å². The smallest absolute Gasteiger partial charge is 0.344 e. The Morgan fingerprint density at radius 2 is 2.15 bits per heavy atom. The van der Waals surface area contributed by atoms with Crippen LogP contribution < -0.4 is 10.1 Å². The minimum Gasteiger partial charge on any atom is -0.479 e. The summed E-state index contributed by atoms with van der Waals surface area (Å²) >= 11 is 5.97. The molecule has 0 saturated carbocycles. The van der Waals surface area contributed by atoms with Gasteiger partial charge in [0.15, 0.2) is 6.10 Å². The van der Waals surface area contributed by atoms with E-state index in [0.717, 1.165) is 23.1 Å². The Labute approximate surface area is 163 Å². The molecule has 27 heavy (non-hydrogen) atoms. The molecule has 0 spiro atoms. The van der Waals surface area contributed by atoms with Gasteiger partial charge in [-0.05, 0) is 61.1 Å². The van der Waals surface area contributed by atoms with Crippen LogP contribution in [0.25, 0.3) is 0 Å². The van der Waals surface area contributed by atoms with E-state index in [1.165, 1.54) is 0 Å². The summed E-state index contributed by atoms with van der Waals surface area (Å²) in [7, 11) is 0. The van der Waals surface area contributed by atoms with Crippen molar-refractivity contribution >= 4 is 17.6 Å². The molecule has 6 heteroatoms. The number of aryl methyl sites for hydroxylation is 1. The fourth-order valence-corrected chi connectivity index (χ4v) is 3.51. The van der Waals surface area contributed by atoms with Gasteiger partial charge in [-0.25, -0.2) is 4.79 Å². The number of nitrogens with one attached hydrogen (secondary N) is 1. The summed E-state index contributed by atoms with van der Waals surface area (Å²) in [4.78, 5) is 11.1. The first-order valence-electron chi connectivity index (χ1n) is 9.10. The number of hydrogen-bond acceptors (Lipinski definition) is 4. The van der Waals surface area contributed by atoms with Crippen molar-refractivity contribution in [1.82, 2.24) is 5.32 Å². The van der Waals surface area contributed by atoms with Gasteiger partial charge in [-0.1, -0.05) is 35.9 Å². The van der Waals surface area contributed by atoms with Crippen molar-refractivity contribution in [2.45, 2.75) is 44.4 Å². The number of carbonyl (C=O) groups is 1. The van der Waals surface area contributed by atoms with Crippen molar-refractivity contribution in [3.8, 4) is 5.75 Å². The fourth-order valence-electron chi connectivity index (χ4n) is 3.31. The van der Waals surface area contributed by atoms with Crippen LogP contribution >= 0.6 is 11.6 Å². The molecule has 0 fully saturated rings. The summed E-state index contributed by atoms with van der Waals surface area (Å²) in [5.74, 6) is -0.254. The molecule has 5 nitrogen and oxygen atoms in total. The number of halogens is 1. The quantitative estimate of drug-likeness (QED) is 0.676. The lowest BCUT2D eigenvalue weighted by atomic mass is 9.97. The summed E-state index contributed by atoms with van der Waals surface area (Å²) in [5, 5.41) is 23.3. The first-order chi connectivity index (χ1) is 12.9. The molecule has 3 atom stereocenters. The highest BCUT2D eigenvalue weighted by Crippen LogP contribution is 2.29. The molecular formula is C21H24ClNO4. The molecule has 3 N–H and O–H groups in total. The maximum Gasteiger partial charge on any atom is 0.344 e. The van der Waals surface area contributed by atoms with Crippen molar-refractivity contribution in [2.24, 2.45) is 0 Å². The van der Waals surface area contributed by atoms with E-state index in [2.05, 4.69) is 18.3 Å². The molecule has 0 bridgehead atoms. The Bertz CT molecular complexity index is 811. The van der Waals surface area contributed by atoms with E-state index in [9.17, 15) is 9.90 Å². The molecule has 1 heterocycles. The number of carboxylic acids is 1. The Kier molecular flexibility index (Phi) is 6.37. The third-order valence-corrected chi connectivity index (χ3v) is 5.02. The zero-order chi connectivity index (χ0) is 19.4. The van der Waals surface area contributed by atoms with Crippen LogP contribution in [0.5, 0.6) is 5.75 Å². The number of aliphatic hydroxyl groups excluding tert-OH is 1. The summed E-state index contributed by atoms with van der Waals surface area (Å²) < 4.78 is 5.53. The van der Waals surface area contributed by atoms with Crippen LogP contribution in [0.3, 0.4) is 0 Å². The monoisotopic (exact) mass is 389 g/mol. The van der Waals surface area contributed by atoms with E-state index in [4.69, 9.17) is 21.4 Å². The van der Waals surface area contributed by atoms with Gasteiger partial charge in [0, 0.05) is 17.6 Å². The fraction of sp³-hybridized carbons (Fsp3) is 0.381. The van der Waals surface area contributed by atoms with E-state index < -0.39 is 18.2 Å². The van der Waals surface area contributed by atoms with Crippen LogP contribution in [0.4, 0.5) is 0 Å². The largest absolute Gasteiger partial charge is 0.479 e. The minimum absolute atomic E-state index is 0.174. The molecule has 0 amide bonds. The second kappa shape index (κ2) is 8.74. The van der Waals surface area contributed by atoms with Crippen molar-refractivity contribution in [3.05, 3.63) is 64.2 Å². The van der Waals surface area contributed by atoms with Crippen LogP contribution in [-0.4, -0.2) is 34.9 Å². The minimum atomic E-state index is -0.916. The van der Waals surface area contributed by atoms with E-state index >= 15 is 0 Å². The number of carboxylic acid groups (broad SMARTS) is 1. The molecule has 1 aliphatic heterocycles. The Hall–Kier alpha value is -2.08. The highest BCUT2D eigenvalue weighted by Gasteiger charge is 2.25. The predicted octanol–water partition coefficient (Wildman–Crippen LogP) is 3.37. The number of hydrogen-bond donors (Lipinski definition) is 3. The van der Waals surface area contributed by atoms with Crippen LogP contribution in [0.1, 0.15) is 36.1 Å². The summed E-state index contributed by atoms with van der Waals surface area (Å²) in [6.07, 6.45) is 0.631. The molecule has 0 radical (unpaired) electrons. The second-order valence-electron chi connectivity index (χ2n) is 7.01. The summed E-state index contributed by atoms with van der Waals surface area (Å²) in [5.41, 5.74) is 3.00. The van der Waals surface area contributed by atoms with Gasteiger partial charge in [-0.3, -0.25) is 0 Å². The molecule has 0 aliphatic carbocycles. The highest BCUT2D eigenvalue weighted by atomic mass is 35.5. The normalized spacial score (nSPS) is 18.3. The first kappa shape index (κ1) is 19.7. The molecular weight excluding hydrogens is 366 g/mol. The van der Waals surface area contributed by atoms with E-state index in [1.54, 1.807) is 12.1 Å². The molecule has 144 valence electrons. The predicted molar refractivity (Wildman–Crippen MR) is 104 cm³/mol. The number of rotatable bonds is 7. The lowest BCUT2D eigenvalue weighted by Crippen LogP contribution is -2.32. The van der Waals surface area contributed by atoms with Crippen LogP contribution in [0.15, 0.2) is 42.5 Å². The molecule has 0 saturated heterocycles. The Morgan fingerprint density at radius 3 is 2.89 bits per heavy atom. The molecule has 2 aromatic rings. The average molecular weight is 390 g/mol.